The van der Waals surface area contributed by atoms with Crippen molar-refractivity contribution in [2.75, 3.05) is 11.9 Å². The minimum atomic E-state index is -0.989. The van der Waals surface area contributed by atoms with E-state index in [2.05, 4.69) is 10.1 Å². The van der Waals surface area contributed by atoms with Crippen molar-refractivity contribution in [2.24, 2.45) is 0 Å². The number of carboxylic acid groups (broad SMARTS) is 1. The number of hydrogen-bond donors (Lipinski definition) is 1. The van der Waals surface area contributed by atoms with E-state index in [1.807, 2.05) is 27.0 Å². The Labute approximate surface area is 252 Å². The van der Waals surface area contributed by atoms with Crippen molar-refractivity contribution in [3.63, 3.8) is 0 Å². The van der Waals surface area contributed by atoms with Gasteiger partial charge in [-0.05, 0) is 70.2 Å². The first-order valence-corrected chi connectivity index (χ1v) is 15.4. The average Bonchev–Trinajstić information content (AvgIpc) is 3.31. The van der Waals surface area contributed by atoms with Gasteiger partial charge < -0.3 is 24.0 Å². The zero-order valence-corrected chi connectivity index (χ0v) is 25.4. The normalized spacial score (nSPS) is 18.9. The number of ether oxygens (including phenoxy) is 2. The first-order chi connectivity index (χ1) is 19.7. The monoisotopic (exact) mass is 615 g/mol. The number of halogens is 2. The molecule has 0 aliphatic heterocycles. The van der Waals surface area contributed by atoms with Crippen LogP contribution < -0.4 is 9.64 Å². The van der Waals surface area contributed by atoms with Crippen molar-refractivity contribution in [3.8, 4) is 17.0 Å². The number of benzene rings is 2. The highest BCUT2D eigenvalue weighted by Crippen LogP contribution is 2.46. The molecule has 0 unspecified atom stereocenters. The summed E-state index contributed by atoms with van der Waals surface area (Å²) in [5, 5.41) is 15.8. The molecule has 2 heterocycles. The molecule has 2 aliphatic rings. The molecule has 0 radical (unpaired) electrons. The van der Waals surface area contributed by atoms with E-state index in [1.54, 1.807) is 24.3 Å². The molecule has 0 amide bonds. The van der Waals surface area contributed by atoms with Crippen molar-refractivity contribution in [1.29, 1.82) is 0 Å². The summed E-state index contributed by atoms with van der Waals surface area (Å²) in [6.07, 6.45) is 4.83. The Morgan fingerprint density at radius 3 is 2.63 bits per heavy atom. The molecular weight excluding hydrogens is 585 g/mol. The van der Waals surface area contributed by atoms with E-state index in [9.17, 15) is 9.90 Å². The molecule has 2 aliphatic carbocycles. The molecule has 4 aromatic rings. The summed E-state index contributed by atoms with van der Waals surface area (Å²) in [7, 11) is 2.04. The van der Waals surface area contributed by atoms with Gasteiger partial charge in [0.15, 0.2) is 5.13 Å². The van der Waals surface area contributed by atoms with E-state index >= 15 is 0 Å². The van der Waals surface area contributed by atoms with Gasteiger partial charge in [0.25, 0.3) is 0 Å². The van der Waals surface area contributed by atoms with Crippen molar-refractivity contribution < 1.29 is 23.9 Å². The minimum absolute atomic E-state index is 0.0618. The Morgan fingerprint density at radius 1 is 1.20 bits per heavy atom. The van der Waals surface area contributed by atoms with Gasteiger partial charge in [0, 0.05) is 30.1 Å². The van der Waals surface area contributed by atoms with E-state index in [0.29, 0.717) is 45.1 Å². The molecule has 2 fully saturated rings. The Bertz CT molecular complexity index is 1580. The number of aromatic nitrogens is 2. The highest BCUT2D eigenvalue weighted by Gasteiger charge is 2.35. The third-order valence-corrected chi connectivity index (χ3v) is 9.42. The van der Waals surface area contributed by atoms with Gasteiger partial charge in [0.2, 0.25) is 0 Å². The molecule has 2 aromatic heterocycles. The zero-order chi connectivity index (χ0) is 28.8. The number of fused-ring (bicyclic) bond motifs is 1. The maximum absolute atomic E-state index is 11.7. The number of thiazole rings is 1. The zero-order valence-electron chi connectivity index (χ0n) is 23.0. The topological polar surface area (TPSA) is 97.9 Å². The molecular formula is C30H31Cl2N3O5S. The van der Waals surface area contributed by atoms with Gasteiger partial charge in [-0.25, -0.2) is 9.78 Å². The second-order valence-electron chi connectivity index (χ2n) is 11.0. The summed E-state index contributed by atoms with van der Waals surface area (Å²) in [6.45, 7) is 4.20. The maximum Gasteiger partial charge on any atom is 0.335 e. The van der Waals surface area contributed by atoms with Crippen LogP contribution in [0.1, 0.15) is 73.6 Å². The Hall–Kier alpha value is -2.85. The molecule has 216 valence electrons. The molecule has 11 heteroatoms. The minimum Gasteiger partial charge on any atom is -0.489 e. The van der Waals surface area contributed by atoms with Gasteiger partial charge in [-0.15, -0.1) is 0 Å². The number of carbonyl (C=O) groups is 1. The molecule has 1 N–H and O–H groups in total. The first kappa shape index (κ1) is 28.3. The van der Waals surface area contributed by atoms with E-state index in [1.165, 1.54) is 11.3 Å². The van der Waals surface area contributed by atoms with Crippen LogP contribution in [0.3, 0.4) is 0 Å². The Kier molecular flexibility index (Phi) is 7.89. The van der Waals surface area contributed by atoms with Crippen molar-refractivity contribution in [3.05, 3.63) is 57.3 Å². The van der Waals surface area contributed by atoms with E-state index in [0.717, 1.165) is 53.3 Å². The van der Waals surface area contributed by atoms with Gasteiger partial charge in [0.05, 0.1) is 39.1 Å². The predicted octanol–water partition coefficient (Wildman–Crippen LogP) is 8.20. The fourth-order valence-electron chi connectivity index (χ4n) is 5.43. The summed E-state index contributed by atoms with van der Waals surface area (Å²) < 4.78 is 19.0. The molecule has 8 nitrogen and oxygen atoms in total. The third-order valence-electron chi connectivity index (χ3n) is 7.69. The molecule has 0 saturated heterocycles. The largest absolute Gasteiger partial charge is 0.489 e. The van der Waals surface area contributed by atoms with Gasteiger partial charge in [-0.2, -0.15) is 0 Å². The van der Waals surface area contributed by atoms with Crippen LogP contribution in [0.2, 0.25) is 10.0 Å². The van der Waals surface area contributed by atoms with Gasteiger partial charge in [-0.1, -0.05) is 45.8 Å². The number of carboxylic acids is 1. The first-order valence-electron chi connectivity index (χ1n) is 13.8. The fraction of sp³-hybridized carbons (Fsp3) is 0.433. The van der Waals surface area contributed by atoms with E-state index < -0.39 is 5.97 Å². The summed E-state index contributed by atoms with van der Waals surface area (Å²) >= 11 is 14.5. The van der Waals surface area contributed by atoms with Gasteiger partial charge >= 0.3 is 5.97 Å². The third kappa shape index (κ3) is 5.78. The van der Waals surface area contributed by atoms with E-state index in [-0.39, 0.29) is 23.8 Å². The van der Waals surface area contributed by atoms with Crippen LogP contribution >= 0.6 is 34.5 Å². The molecule has 41 heavy (non-hydrogen) atoms. The van der Waals surface area contributed by atoms with Crippen LogP contribution in [0.5, 0.6) is 5.75 Å². The Morgan fingerprint density at radius 2 is 1.95 bits per heavy atom. The van der Waals surface area contributed by atoms with Crippen LogP contribution in [0.25, 0.3) is 21.5 Å². The fourth-order valence-corrected chi connectivity index (χ4v) is 7.06. The van der Waals surface area contributed by atoms with Crippen molar-refractivity contribution >= 4 is 55.9 Å². The quantitative estimate of drug-likeness (QED) is 0.191. The lowest BCUT2D eigenvalue weighted by Crippen LogP contribution is -2.29. The van der Waals surface area contributed by atoms with Crippen LogP contribution in [-0.4, -0.2) is 46.5 Å². The van der Waals surface area contributed by atoms with Crippen molar-refractivity contribution in [1.82, 2.24) is 10.1 Å². The van der Waals surface area contributed by atoms with Crippen molar-refractivity contribution in [2.45, 2.75) is 76.7 Å². The van der Waals surface area contributed by atoms with Crippen LogP contribution in [0, 0.1) is 0 Å². The molecule has 0 bridgehead atoms. The lowest BCUT2D eigenvalue weighted by Gasteiger charge is -2.24. The summed E-state index contributed by atoms with van der Waals surface area (Å²) in [6, 6.07) is 8.88. The Balaban J connectivity index is 1.18. The number of hydrogen-bond acceptors (Lipinski definition) is 8. The van der Waals surface area contributed by atoms with E-state index in [4.69, 9.17) is 42.2 Å². The number of anilines is 1. The number of nitrogens with zero attached hydrogens (tertiary/aromatic N) is 3. The highest BCUT2D eigenvalue weighted by molar-refractivity contribution is 7.22. The number of rotatable bonds is 10. The second-order valence-corrected chi connectivity index (χ2v) is 12.9. The lowest BCUT2D eigenvalue weighted by molar-refractivity contribution is 0.0441. The molecule has 2 atom stereocenters. The summed E-state index contributed by atoms with van der Waals surface area (Å²) in [5.41, 5.74) is 3.14. The molecule has 0 spiro atoms. The maximum atomic E-state index is 11.7. The number of aromatic carboxylic acids is 1. The highest BCUT2D eigenvalue weighted by atomic mass is 35.5. The summed E-state index contributed by atoms with van der Waals surface area (Å²) in [5.74, 6) is 0.742. The van der Waals surface area contributed by atoms with Crippen LogP contribution in [-0.2, 0) is 11.3 Å². The van der Waals surface area contributed by atoms with Gasteiger partial charge in [-0.3, -0.25) is 0 Å². The average molecular weight is 617 g/mol. The SMILES string of the molecule is CC(C)Oc1cc(C(=O)O)cc2sc(N(C)[C@@H]3CC[C@@H](OCc4c(-c5c(Cl)cccc5Cl)noc4C4CC4)C3)nc12. The second kappa shape index (κ2) is 11.4. The van der Waals surface area contributed by atoms with Gasteiger partial charge in [0.1, 0.15) is 22.7 Å². The lowest BCUT2D eigenvalue weighted by atomic mass is 10.0. The summed E-state index contributed by atoms with van der Waals surface area (Å²) in [4.78, 5) is 18.7. The van der Waals surface area contributed by atoms with Crippen LogP contribution in [0.15, 0.2) is 34.9 Å². The predicted molar refractivity (Wildman–Crippen MR) is 161 cm³/mol. The molecule has 6 rings (SSSR count). The smallest absolute Gasteiger partial charge is 0.335 e. The van der Waals surface area contributed by atoms with Crippen LogP contribution in [0.4, 0.5) is 5.13 Å². The molecule has 2 saturated carbocycles. The standard InChI is InChI=1S/C30H31Cl2N3O5S/c1-15(2)39-23-11-17(29(36)37)12-24-27(23)33-30(41-24)35(3)18-9-10-19(13-18)38-14-20-26(34-40-28(20)16-7-8-16)25-21(31)5-4-6-22(25)32/h4-6,11-12,15-16,18-19H,7-10,13-14H2,1-3H3,(H,36,37)/t18-,19-/m1/s1. The molecule has 2 aromatic carbocycles.